The minimum absolute atomic E-state index is 0.159. The summed E-state index contributed by atoms with van der Waals surface area (Å²) in [6, 6.07) is 12.2. The van der Waals surface area contributed by atoms with E-state index < -0.39 is 5.97 Å². The van der Waals surface area contributed by atoms with Crippen molar-refractivity contribution >= 4 is 64.3 Å². The Hall–Kier alpha value is -2.20. The van der Waals surface area contributed by atoms with Crippen LogP contribution >= 0.6 is 46.7 Å². The van der Waals surface area contributed by atoms with Crippen molar-refractivity contribution in [3.8, 4) is 0 Å². The third-order valence-electron chi connectivity index (χ3n) is 4.67. The Morgan fingerprint density at radius 2 is 1.91 bits per heavy atom. The van der Waals surface area contributed by atoms with E-state index >= 15 is 0 Å². The molecule has 0 aliphatic heterocycles. The molecule has 1 heterocycles. The molecule has 7 nitrogen and oxygen atoms in total. The van der Waals surface area contributed by atoms with Gasteiger partial charge in [-0.2, -0.15) is 0 Å². The zero-order chi connectivity index (χ0) is 25.4. The van der Waals surface area contributed by atoms with Gasteiger partial charge < -0.3 is 14.6 Å². The normalized spacial score (nSPS) is 11.0. The molecule has 186 valence electrons. The molecule has 0 fully saturated rings. The predicted octanol–water partition coefficient (Wildman–Crippen LogP) is 6.33. The van der Waals surface area contributed by atoms with Crippen molar-refractivity contribution in [1.29, 1.82) is 0 Å². The van der Waals surface area contributed by atoms with Crippen LogP contribution < -0.4 is 5.32 Å². The maximum atomic E-state index is 12.5. The zero-order valence-electron chi connectivity index (χ0n) is 19.6. The van der Waals surface area contributed by atoms with Crippen molar-refractivity contribution in [3.05, 3.63) is 69.5 Å². The molecule has 0 unspecified atom stereocenters. The van der Waals surface area contributed by atoms with E-state index in [2.05, 4.69) is 15.5 Å². The number of nitrogens with zero attached hydrogens (tertiary/aromatic N) is 3. The summed E-state index contributed by atoms with van der Waals surface area (Å²) in [5.74, 6) is 1.75. The molecule has 0 saturated heterocycles. The lowest BCUT2D eigenvalue weighted by molar-refractivity contribution is -0.113. The molecule has 1 aromatic heterocycles. The van der Waals surface area contributed by atoms with Crippen LogP contribution in [0.1, 0.15) is 42.5 Å². The van der Waals surface area contributed by atoms with E-state index in [0.717, 1.165) is 17.1 Å². The number of nitrogens with one attached hydrogen (secondary N) is 1. The molecule has 1 amide bonds. The summed E-state index contributed by atoms with van der Waals surface area (Å²) in [5, 5.41) is 13.3. The number of anilines is 1. The smallest absolute Gasteiger partial charge is 0.338 e. The number of esters is 1. The molecule has 0 atom stereocenters. The lowest BCUT2D eigenvalue weighted by Crippen LogP contribution is -2.16. The maximum absolute atomic E-state index is 12.5. The van der Waals surface area contributed by atoms with Crippen molar-refractivity contribution in [2.45, 2.75) is 50.1 Å². The number of benzene rings is 2. The molecule has 0 spiro atoms. The Morgan fingerprint density at radius 3 is 2.63 bits per heavy atom. The predicted molar refractivity (Wildman–Crippen MR) is 144 cm³/mol. The summed E-state index contributed by atoms with van der Waals surface area (Å²) in [5.41, 5.74) is 1.93. The largest absolute Gasteiger partial charge is 0.459 e. The molecular weight excluding hydrogens is 527 g/mol. The van der Waals surface area contributed by atoms with Gasteiger partial charge in [0.25, 0.3) is 0 Å². The van der Waals surface area contributed by atoms with Gasteiger partial charge in [0.2, 0.25) is 5.91 Å². The highest BCUT2D eigenvalue weighted by Crippen LogP contribution is 2.27. The first-order chi connectivity index (χ1) is 16.8. The second-order valence-corrected chi connectivity index (χ2v) is 10.5. The second kappa shape index (κ2) is 13.2. The summed E-state index contributed by atoms with van der Waals surface area (Å²) in [6.07, 6.45) is -0.216. The second-order valence-electron chi connectivity index (χ2n) is 7.74. The van der Waals surface area contributed by atoms with Gasteiger partial charge in [0, 0.05) is 28.0 Å². The number of aromatic nitrogens is 3. The highest BCUT2D eigenvalue weighted by atomic mass is 35.5. The van der Waals surface area contributed by atoms with Gasteiger partial charge in [0.1, 0.15) is 5.82 Å². The standard InChI is InChI=1S/C24H26Cl2N4O3S2/c1-4-30-21(13-34-12-17-8-9-18(25)11-20(17)26)28-29-24(30)35-14-22(31)27-19-7-5-6-16(10-19)23(32)33-15(2)3/h5-11,15H,4,12-14H2,1-3H3,(H,27,31). The summed E-state index contributed by atoms with van der Waals surface area (Å²) in [6.45, 7) is 6.28. The molecule has 2 aromatic carbocycles. The van der Waals surface area contributed by atoms with Crippen molar-refractivity contribution in [3.63, 3.8) is 0 Å². The first-order valence-corrected chi connectivity index (χ1v) is 13.8. The van der Waals surface area contributed by atoms with Crippen LogP contribution in [0.15, 0.2) is 47.6 Å². The van der Waals surface area contributed by atoms with E-state index in [0.29, 0.717) is 38.8 Å². The fraction of sp³-hybridized carbons (Fsp3) is 0.333. The van der Waals surface area contributed by atoms with Crippen LogP contribution in [0.25, 0.3) is 0 Å². The van der Waals surface area contributed by atoms with E-state index in [1.807, 2.05) is 23.6 Å². The van der Waals surface area contributed by atoms with E-state index in [9.17, 15) is 9.59 Å². The summed E-state index contributed by atoms with van der Waals surface area (Å²) < 4.78 is 7.20. The van der Waals surface area contributed by atoms with Crippen LogP contribution in [-0.4, -0.2) is 38.5 Å². The number of halogens is 2. The number of amides is 1. The van der Waals surface area contributed by atoms with Crippen molar-refractivity contribution < 1.29 is 14.3 Å². The lowest BCUT2D eigenvalue weighted by atomic mass is 10.2. The number of thioether (sulfide) groups is 2. The van der Waals surface area contributed by atoms with E-state index in [1.54, 1.807) is 55.9 Å². The molecule has 0 aliphatic rings. The fourth-order valence-corrected chi connectivity index (χ4v) is 5.42. The quantitative estimate of drug-likeness (QED) is 0.219. The van der Waals surface area contributed by atoms with Gasteiger partial charge in [0.15, 0.2) is 5.16 Å². The van der Waals surface area contributed by atoms with Crippen molar-refractivity contribution in [2.24, 2.45) is 0 Å². The SMILES string of the molecule is CCn1c(CSCc2ccc(Cl)cc2Cl)nnc1SCC(=O)Nc1cccc(C(=O)OC(C)C)c1. The lowest BCUT2D eigenvalue weighted by Gasteiger charge is -2.10. The van der Waals surface area contributed by atoms with Crippen LogP contribution in [-0.2, 0) is 27.6 Å². The molecule has 11 heteroatoms. The average molecular weight is 554 g/mol. The molecule has 0 radical (unpaired) electrons. The van der Waals surface area contributed by atoms with E-state index in [4.69, 9.17) is 27.9 Å². The molecule has 0 bridgehead atoms. The fourth-order valence-electron chi connectivity index (χ4n) is 3.07. The molecule has 3 aromatic rings. The molecule has 1 N–H and O–H groups in total. The van der Waals surface area contributed by atoms with Crippen molar-refractivity contribution in [2.75, 3.05) is 11.1 Å². The topological polar surface area (TPSA) is 86.1 Å². The molecule has 3 rings (SSSR count). The molecule has 35 heavy (non-hydrogen) atoms. The highest BCUT2D eigenvalue weighted by molar-refractivity contribution is 7.99. The monoisotopic (exact) mass is 552 g/mol. The van der Waals surface area contributed by atoms with Crippen LogP contribution in [0.2, 0.25) is 10.0 Å². The van der Waals surface area contributed by atoms with Crippen molar-refractivity contribution in [1.82, 2.24) is 14.8 Å². The number of hydrogen-bond acceptors (Lipinski definition) is 7. The number of carbonyl (C=O) groups excluding carboxylic acids is 2. The van der Waals surface area contributed by atoms with Crippen LogP contribution in [0, 0.1) is 0 Å². The van der Waals surface area contributed by atoms with E-state index in [-0.39, 0.29) is 17.8 Å². The van der Waals surface area contributed by atoms with Gasteiger partial charge in [0.05, 0.1) is 23.2 Å². The van der Waals surface area contributed by atoms with Gasteiger partial charge in [-0.15, -0.1) is 22.0 Å². The minimum Gasteiger partial charge on any atom is -0.459 e. The average Bonchev–Trinajstić information content (AvgIpc) is 3.20. The Balaban J connectivity index is 1.53. The summed E-state index contributed by atoms with van der Waals surface area (Å²) in [4.78, 5) is 24.6. The number of ether oxygens (including phenoxy) is 1. The minimum atomic E-state index is -0.426. The third kappa shape index (κ3) is 8.17. The summed E-state index contributed by atoms with van der Waals surface area (Å²) >= 11 is 15.2. The number of carbonyl (C=O) groups is 2. The molecule has 0 saturated carbocycles. The summed E-state index contributed by atoms with van der Waals surface area (Å²) in [7, 11) is 0. The first kappa shape index (κ1) is 27.4. The van der Waals surface area contributed by atoms with E-state index in [1.165, 1.54) is 11.8 Å². The van der Waals surface area contributed by atoms with Gasteiger partial charge in [-0.25, -0.2) is 4.79 Å². The van der Waals surface area contributed by atoms with Gasteiger partial charge in [-0.05, 0) is 56.7 Å². The molecule has 0 aliphatic carbocycles. The Bertz CT molecular complexity index is 1190. The van der Waals surface area contributed by atoms with Crippen LogP contribution in [0.3, 0.4) is 0 Å². The van der Waals surface area contributed by atoms with Gasteiger partial charge in [-0.3, -0.25) is 4.79 Å². The Morgan fingerprint density at radius 1 is 1.11 bits per heavy atom. The number of hydrogen-bond donors (Lipinski definition) is 1. The van der Waals surface area contributed by atoms with Gasteiger partial charge >= 0.3 is 5.97 Å². The van der Waals surface area contributed by atoms with Crippen LogP contribution in [0.4, 0.5) is 5.69 Å². The van der Waals surface area contributed by atoms with Gasteiger partial charge in [-0.1, -0.05) is 47.1 Å². The zero-order valence-corrected chi connectivity index (χ0v) is 22.7. The highest BCUT2D eigenvalue weighted by Gasteiger charge is 2.15. The molecular formula is C24H26Cl2N4O3S2. The Labute approximate surface area is 223 Å². The Kier molecular flexibility index (Phi) is 10.3. The first-order valence-electron chi connectivity index (χ1n) is 10.9. The van der Waals surface area contributed by atoms with Crippen LogP contribution in [0.5, 0.6) is 0 Å². The third-order valence-corrected chi connectivity index (χ3v) is 7.20. The maximum Gasteiger partial charge on any atom is 0.338 e. The number of rotatable bonds is 11.